The maximum absolute atomic E-state index is 13.2. The van der Waals surface area contributed by atoms with Gasteiger partial charge in [-0.3, -0.25) is 4.79 Å². The first kappa shape index (κ1) is 19.9. The van der Waals surface area contributed by atoms with Crippen LogP contribution in [0.25, 0.3) is 10.8 Å². The number of methoxy groups -OCH3 is 1. The third-order valence-corrected chi connectivity index (χ3v) is 8.54. The van der Waals surface area contributed by atoms with Gasteiger partial charge in [0.15, 0.2) is 0 Å². The molecule has 0 aliphatic carbocycles. The molecule has 29 heavy (non-hydrogen) atoms. The highest BCUT2D eigenvalue weighted by Crippen LogP contribution is 2.30. The molecule has 8 heteroatoms. The van der Waals surface area contributed by atoms with Crippen molar-refractivity contribution in [2.75, 3.05) is 33.3 Å². The van der Waals surface area contributed by atoms with Crippen molar-refractivity contribution in [3.63, 3.8) is 0 Å². The van der Waals surface area contributed by atoms with Crippen LogP contribution in [-0.4, -0.2) is 56.8 Å². The number of ether oxygens (including phenoxy) is 1. The third-order valence-electron chi connectivity index (χ3n) is 5.17. The number of hydrogen-bond acceptors (Lipinski definition) is 5. The molecule has 6 nitrogen and oxygen atoms in total. The number of thiophene rings is 1. The molecule has 3 aromatic rings. The van der Waals surface area contributed by atoms with Crippen molar-refractivity contribution >= 4 is 38.0 Å². The summed E-state index contributed by atoms with van der Waals surface area (Å²) in [5.41, 5.74) is 0.603. The second-order valence-corrected chi connectivity index (χ2v) is 10.4. The second kappa shape index (κ2) is 7.78. The van der Waals surface area contributed by atoms with Crippen LogP contribution < -0.4 is 4.74 Å². The third kappa shape index (κ3) is 3.63. The molecule has 152 valence electrons. The molecule has 4 rings (SSSR count). The summed E-state index contributed by atoms with van der Waals surface area (Å²) in [6, 6.07) is 14.7. The molecule has 0 N–H and O–H groups in total. The normalized spacial score (nSPS) is 15.6. The Balaban J connectivity index is 1.54. The van der Waals surface area contributed by atoms with Crippen molar-refractivity contribution in [1.29, 1.82) is 0 Å². The van der Waals surface area contributed by atoms with E-state index < -0.39 is 10.0 Å². The minimum Gasteiger partial charge on any atom is -0.496 e. The maximum atomic E-state index is 13.2. The van der Waals surface area contributed by atoms with E-state index in [0.717, 1.165) is 21.4 Å². The van der Waals surface area contributed by atoms with Crippen molar-refractivity contribution in [3.05, 3.63) is 59.0 Å². The van der Waals surface area contributed by atoms with Crippen molar-refractivity contribution < 1.29 is 17.9 Å². The molecule has 0 radical (unpaired) electrons. The van der Waals surface area contributed by atoms with Gasteiger partial charge in [0, 0.05) is 42.0 Å². The number of rotatable bonds is 4. The summed E-state index contributed by atoms with van der Waals surface area (Å²) in [6.45, 7) is 3.20. The summed E-state index contributed by atoms with van der Waals surface area (Å²) < 4.78 is 32.9. The summed E-state index contributed by atoms with van der Waals surface area (Å²) in [4.78, 5) is 15.8. The van der Waals surface area contributed by atoms with Crippen molar-refractivity contribution in [1.82, 2.24) is 9.21 Å². The number of hydrogen-bond donors (Lipinski definition) is 0. The molecule has 0 saturated carbocycles. The van der Waals surface area contributed by atoms with Gasteiger partial charge in [-0.15, -0.1) is 11.3 Å². The first-order valence-corrected chi connectivity index (χ1v) is 11.6. The van der Waals surface area contributed by atoms with E-state index in [1.54, 1.807) is 30.2 Å². The Hall–Kier alpha value is -2.42. The number of amides is 1. The van der Waals surface area contributed by atoms with Crippen LogP contribution in [0.3, 0.4) is 0 Å². The van der Waals surface area contributed by atoms with Crippen molar-refractivity contribution in [2.45, 2.75) is 11.1 Å². The zero-order chi connectivity index (χ0) is 20.6. The number of benzene rings is 2. The maximum Gasteiger partial charge on any atom is 0.254 e. The van der Waals surface area contributed by atoms with Crippen LogP contribution in [0, 0.1) is 6.92 Å². The number of carbonyl (C=O) groups excluding carboxylic acids is 1. The van der Waals surface area contributed by atoms with Crippen LogP contribution in [0.1, 0.15) is 15.2 Å². The highest BCUT2D eigenvalue weighted by Gasteiger charge is 2.31. The number of sulfonamides is 1. The Morgan fingerprint density at radius 3 is 2.28 bits per heavy atom. The fourth-order valence-electron chi connectivity index (χ4n) is 3.62. The van der Waals surface area contributed by atoms with Crippen LogP contribution in [0.2, 0.25) is 0 Å². The highest BCUT2D eigenvalue weighted by molar-refractivity contribution is 7.91. The van der Waals surface area contributed by atoms with Gasteiger partial charge in [0.25, 0.3) is 15.9 Å². The number of carbonyl (C=O) groups is 1. The number of nitrogens with zero attached hydrogens (tertiary/aromatic N) is 2. The lowest BCUT2D eigenvalue weighted by atomic mass is 10.0. The number of aryl methyl sites for hydroxylation is 1. The first-order chi connectivity index (χ1) is 13.9. The Bertz CT molecular complexity index is 1160. The average molecular weight is 431 g/mol. The van der Waals surface area contributed by atoms with Gasteiger partial charge >= 0.3 is 0 Å². The van der Waals surface area contributed by atoms with Gasteiger partial charge in [-0.05, 0) is 36.6 Å². The lowest BCUT2D eigenvalue weighted by molar-refractivity contribution is 0.0700. The minimum atomic E-state index is -3.50. The molecule has 1 aliphatic heterocycles. The smallest absolute Gasteiger partial charge is 0.254 e. The summed E-state index contributed by atoms with van der Waals surface area (Å²) in [6.07, 6.45) is 0. The monoisotopic (exact) mass is 430 g/mol. The molecule has 0 spiro atoms. The number of piperazine rings is 1. The van der Waals surface area contributed by atoms with E-state index in [9.17, 15) is 13.2 Å². The standard InChI is InChI=1S/C21H22N2O4S2/c1-15-7-10-20(28-15)29(25,26)23-13-11-22(12-14-23)21(24)18-8-9-19(27-2)17-6-4-3-5-16(17)18/h3-10H,11-14H2,1-2H3. The molecule has 1 aromatic heterocycles. The molecule has 2 aromatic carbocycles. The van der Waals surface area contributed by atoms with Gasteiger partial charge in [-0.25, -0.2) is 8.42 Å². The van der Waals surface area contributed by atoms with E-state index in [4.69, 9.17) is 4.74 Å². The van der Waals surface area contributed by atoms with Crippen LogP contribution in [0.5, 0.6) is 5.75 Å². The van der Waals surface area contributed by atoms with E-state index >= 15 is 0 Å². The highest BCUT2D eigenvalue weighted by atomic mass is 32.2. The SMILES string of the molecule is COc1ccc(C(=O)N2CCN(S(=O)(=O)c3ccc(C)s3)CC2)c2ccccc12. The largest absolute Gasteiger partial charge is 0.496 e. The lowest BCUT2D eigenvalue weighted by Gasteiger charge is -2.34. The van der Waals surface area contributed by atoms with E-state index in [1.165, 1.54) is 15.6 Å². The predicted octanol–water partition coefficient (Wildman–Crippen LogP) is 3.37. The molecule has 1 amide bonds. The Morgan fingerprint density at radius 1 is 0.966 bits per heavy atom. The molecular formula is C21H22N2O4S2. The first-order valence-electron chi connectivity index (χ1n) is 9.33. The van der Waals surface area contributed by atoms with Gasteiger partial charge < -0.3 is 9.64 Å². The molecule has 0 bridgehead atoms. The second-order valence-electron chi connectivity index (χ2n) is 6.92. The van der Waals surface area contributed by atoms with Gasteiger partial charge in [0.1, 0.15) is 9.96 Å². The van der Waals surface area contributed by atoms with Crippen LogP contribution >= 0.6 is 11.3 Å². The molecule has 2 heterocycles. The fourth-order valence-corrected chi connectivity index (χ4v) is 6.48. The van der Waals surface area contributed by atoms with E-state index in [2.05, 4.69) is 0 Å². The van der Waals surface area contributed by atoms with E-state index in [1.807, 2.05) is 37.3 Å². The minimum absolute atomic E-state index is 0.0899. The molecule has 1 fully saturated rings. The Labute approximate surface area is 174 Å². The molecule has 0 unspecified atom stereocenters. The van der Waals surface area contributed by atoms with Crippen molar-refractivity contribution in [2.24, 2.45) is 0 Å². The summed E-state index contributed by atoms with van der Waals surface area (Å²) >= 11 is 1.28. The molecule has 1 aliphatic rings. The van der Waals surface area contributed by atoms with Crippen LogP contribution in [-0.2, 0) is 10.0 Å². The zero-order valence-corrected chi connectivity index (χ0v) is 17.9. The number of fused-ring (bicyclic) bond motifs is 1. The predicted molar refractivity (Wildman–Crippen MR) is 114 cm³/mol. The quantitative estimate of drug-likeness (QED) is 0.637. The van der Waals surface area contributed by atoms with Gasteiger partial charge in [-0.1, -0.05) is 24.3 Å². The van der Waals surface area contributed by atoms with Gasteiger partial charge in [0.05, 0.1) is 7.11 Å². The summed E-state index contributed by atoms with van der Waals surface area (Å²) in [5, 5.41) is 1.72. The van der Waals surface area contributed by atoms with Gasteiger partial charge in [0.2, 0.25) is 0 Å². The summed E-state index contributed by atoms with van der Waals surface area (Å²) in [7, 11) is -1.89. The molecule has 0 atom stereocenters. The Kier molecular flexibility index (Phi) is 5.33. The summed E-state index contributed by atoms with van der Waals surface area (Å²) in [5.74, 6) is 0.632. The zero-order valence-electron chi connectivity index (χ0n) is 16.3. The van der Waals surface area contributed by atoms with Crippen LogP contribution in [0.4, 0.5) is 0 Å². The lowest BCUT2D eigenvalue weighted by Crippen LogP contribution is -2.50. The molecule has 1 saturated heterocycles. The fraction of sp³-hybridized carbons (Fsp3) is 0.286. The van der Waals surface area contributed by atoms with E-state index in [0.29, 0.717) is 36.0 Å². The van der Waals surface area contributed by atoms with Gasteiger partial charge in [-0.2, -0.15) is 4.31 Å². The average Bonchev–Trinajstić information content (AvgIpc) is 3.20. The Morgan fingerprint density at radius 2 is 1.66 bits per heavy atom. The van der Waals surface area contributed by atoms with E-state index in [-0.39, 0.29) is 5.91 Å². The topological polar surface area (TPSA) is 66.9 Å². The van der Waals surface area contributed by atoms with Crippen molar-refractivity contribution in [3.8, 4) is 5.75 Å². The molecular weight excluding hydrogens is 408 g/mol. The van der Waals surface area contributed by atoms with Crippen LogP contribution in [0.15, 0.2) is 52.7 Å².